The van der Waals surface area contributed by atoms with Crippen LogP contribution in [0.4, 0.5) is 10.1 Å². The Balaban J connectivity index is 1.20. The van der Waals surface area contributed by atoms with Crippen molar-refractivity contribution < 1.29 is 19.1 Å². The molecule has 2 aromatic carbocycles. The Bertz CT molecular complexity index is 1620. The lowest BCUT2D eigenvalue weighted by atomic mass is 9.91. The second kappa shape index (κ2) is 9.73. The van der Waals surface area contributed by atoms with E-state index in [2.05, 4.69) is 15.4 Å². The Morgan fingerprint density at radius 3 is 2.56 bits per heavy atom. The van der Waals surface area contributed by atoms with Crippen LogP contribution >= 0.6 is 0 Å². The second-order valence-corrected chi connectivity index (χ2v) is 10.3. The van der Waals surface area contributed by atoms with Crippen molar-refractivity contribution in [3.63, 3.8) is 0 Å². The summed E-state index contributed by atoms with van der Waals surface area (Å²) < 4.78 is 16.0. The fourth-order valence-corrected chi connectivity index (χ4v) is 4.97. The number of nitrogens with zero attached hydrogens (tertiary/aromatic N) is 5. The summed E-state index contributed by atoms with van der Waals surface area (Å²) in [7, 11) is 0. The Morgan fingerprint density at radius 2 is 1.85 bits per heavy atom. The van der Waals surface area contributed by atoms with Gasteiger partial charge < -0.3 is 15.3 Å². The lowest BCUT2D eigenvalue weighted by molar-refractivity contribution is -0.137. The first-order chi connectivity index (χ1) is 18.8. The maximum absolute atomic E-state index is 13.3. The molecular weight excluding hydrogens is 503 g/mol. The van der Waals surface area contributed by atoms with Crippen LogP contribution in [0.5, 0.6) is 0 Å². The zero-order valence-electron chi connectivity index (χ0n) is 21.1. The normalized spacial score (nSPS) is 16.8. The van der Waals surface area contributed by atoms with Gasteiger partial charge in [0.2, 0.25) is 5.91 Å². The van der Waals surface area contributed by atoms with Crippen molar-refractivity contribution in [1.29, 1.82) is 0 Å². The predicted molar refractivity (Wildman–Crippen MR) is 141 cm³/mol. The number of halogens is 1. The number of anilines is 1. The van der Waals surface area contributed by atoms with Crippen LogP contribution < -0.4 is 10.9 Å². The van der Waals surface area contributed by atoms with Gasteiger partial charge in [-0.05, 0) is 68.1 Å². The molecule has 4 aromatic rings. The van der Waals surface area contributed by atoms with E-state index >= 15 is 0 Å². The zero-order chi connectivity index (χ0) is 27.1. The Morgan fingerprint density at radius 1 is 1.10 bits per heavy atom. The van der Waals surface area contributed by atoms with E-state index in [4.69, 9.17) is 0 Å². The minimum atomic E-state index is -1.11. The van der Waals surface area contributed by atoms with E-state index in [-0.39, 0.29) is 35.2 Å². The molecule has 2 amide bonds. The number of aliphatic hydroxyl groups is 1. The molecule has 2 aliphatic rings. The maximum Gasteiger partial charge on any atom is 0.264 e. The zero-order valence-corrected chi connectivity index (χ0v) is 21.1. The number of hydrogen-bond donors (Lipinski definition) is 2. The molecule has 2 N–H and O–H groups in total. The number of fused-ring (bicyclic) bond motifs is 1. The average Bonchev–Trinajstić information content (AvgIpc) is 3.70. The van der Waals surface area contributed by atoms with Crippen molar-refractivity contribution in [1.82, 2.24) is 24.2 Å². The van der Waals surface area contributed by atoms with E-state index in [1.54, 1.807) is 24.3 Å². The molecule has 2 aromatic heterocycles. The van der Waals surface area contributed by atoms with E-state index in [1.807, 2.05) is 4.90 Å². The van der Waals surface area contributed by atoms with Gasteiger partial charge in [-0.2, -0.15) is 5.10 Å². The maximum atomic E-state index is 13.3. The smallest absolute Gasteiger partial charge is 0.264 e. The van der Waals surface area contributed by atoms with Gasteiger partial charge >= 0.3 is 0 Å². The summed E-state index contributed by atoms with van der Waals surface area (Å²) in [5.74, 6) is -0.464. The molecule has 39 heavy (non-hydrogen) atoms. The molecule has 0 spiro atoms. The predicted octanol–water partition coefficient (Wildman–Crippen LogP) is 2.74. The number of amides is 2. The van der Waals surface area contributed by atoms with E-state index in [0.29, 0.717) is 48.5 Å². The van der Waals surface area contributed by atoms with Gasteiger partial charge in [-0.25, -0.2) is 14.1 Å². The first kappa shape index (κ1) is 24.9. The summed E-state index contributed by atoms with van der Waals surface area (Å²) in [6.45, 7) is 1.02. The van der Waals surface area contributed by atoms with Crippen LogP contribution in [0.1, 0.15) is 36.0 Å². The van der Waals surface area contributed by atoms with Crippen molar-refractivity contribution in [3.05, 3.63) is 82.8 Å². The highest BCUT2D eigenvalue weighted by Crippen LogP contribution is 2.33. The number of carbonyl (C=O) groups is 2. The average molecular weight is 531 g/mol. The highest BCUT2D eigenvalue weighted by Gasteiger charge is 2.39. The number of piperidine rings is 1. The van der Waals surface area contributed by atoms with Crippen molar-refractivity contribution in [2.24, 2.45) is 5.92 Å². The van der Waals surface area contributed by atoms with E-state index in [1.165, 1.54) is 46.0 Å². The lowest BCUT2D eigenvalue weighted by Gasteiger charge is -2.38. The van der Waals surface area contributed by atoms with Gasteiger partial charge in [0.25, 0.3) is 11.5 Å². The molecule has 1 saturated heterocycles. The summed E-state index contributed by atoms with van der Waals surface area (Å²) in [6, 6.07) is 12.2. The fourth-order valence-electron chi connectivity index (χ4n) is 4.97. The molecule has 6 rings (SSSR count). The van der Waals surface area contributed by atoms with Crippen molar-refractivity contribution in [3.8, 4) is 5.69 Å². The standard InChI is InChI=1S/C28H27FN6O4/c29-20-6-8-21(9-7-20)32-25(36)19-2-1-3-22(14-19)35-24-23(15-31-35)27(38)34(17-30-24)16-28(39)10-12-33(13-11-28)26(37)18-4-5-18/h1-3,6-9,14-15,17-18,39H,4-5,10-13,16H2,(H,32,36). The third-order valence-corrected chi connectivity index (χ3v) is 7.41. The molecule has 0 unspecified atom stereocenters. The van der Waals surface area contributed by atoms with Gasteiger partial charge in [0.15, 0.2) is 5.65 Å². The summed E-state index contributed by atoms with van der Waals surface area (Å²) >= 11 is 0. The summed E-state index contributed by atoms with van der Waals surface area (Å²) in [4.78, 5) is 44.6. The number of nitrogens with one attached hydrogen (secondary N) is 1. The Hall–Kier alpha value is -4.38. The molecule has 0 radical (unpaired) electrons. The quantitative estimate of drug-likeness (QED) is 0.395. The minimum absolute atomic E-state index is 0.0739. The van der Waals surface area contributed by atoms with E-state index in [9.17, 15) is 23.9 Å². The summed E-state index contributed by atoms with van der Waals surface area (Å²) in [5.41, 5.74) is 0.225. The van der Waals surface area contributed by atoms with Gasteiger partial charge in [0.05, 0.1) is 24.0 Å². The van der Waals surface area contributed by atoms with Crippen molar-refractivity contribution in [2.45, 2.75) is 37.8 Å². The number of carbonyl (C=O) groups excluding carboxylic acids is 2. The Kier molecular flexibility index (Phi) is 6.22. The number of rotatable bonds is 6. The molecule has 1 saturated carbocycles. The number of hydrogen-bond acceptors (Lipinski definition) is 6. The SMILES string of the molecule is O=C(Nc1ccc(F)cc1)c1cccc(-n2ncc3c(=O)n(CC4(O)CCN(C(=O)C5CC5)CC4)cnc32)c1. The highest BCUT2D eigenvalue weighted by molar-refractivity contribution is 6.04. The van der Waals surface area contributed by atoms with Crippen LogP contribution in [-0.4, -0.2) is 59.8 Å². The molecule has 200 valence electrons. The largest absolute Gasteiger partial charge is 0.388 e. The third kappa shape index (κ3) is 5.05. The third-order valence-electron chi connectivity index (χ3n) is 7.41. The molecule has 2 fully saturated rings. The van der Waals surface area contributed by atoms with Gasteiger partial charge in [0, 0.05) is 30.3 Å². The van der Waals surface area contributed by atoms with Crippen LogP contribution in [0.25, 0.3) is 16.7 Å². The van der Waals surface area contributed by atoms with Crippen molar-refractivity contribution in [2.75, 3.05) is 18.4 Å². The minimum Gasteiger partial charge on any atom is -0.388 e. The molecule has 0 atom stereocenters. The van der Waals surface area contributed by atoms with Crippen LogP contribution in [0.2, 0.25) is 0 Å². The molecule has 10 nitrogen and oxygen atoms in total. The first-order valence-corrected chi connectivity index (χ1v) is 12.9. The van der Waals surface area contributed by atoms with Crippen LogP contribution in [0.15, 0.2) is 65.8 Å². The van der Waals surface area contributed by atoms with E-state index < -0.39 is 11.4 Å². The number of aromatic nitrogens is 4. The van der Waals surface area contributed by atoms with Gasteiger partial charge in [-0.15, -0.1) is 0 Å². The summed E-state index contributed by atoms with van der Waals surface area (Å²) in [5, 5.41) is 18.5. The van der Waals surface area contributed by atoms with Crippen molar-refractivity contribution >= 4 is 28.5 Å². The van der Waals surface area contributed by atoms with Gasteiger partial charge in [-0.3, -0.25) is 19.0 Å². The second-order valence-electron chi connectivity index (χ2n) is 10.3. The summed E-state index contributed by atoms with van der Waals surface area (Å²) in [6.07, 6.45) is 5.49. The highest BCUT2D eigenvalue weighted by atomic mass is 19.1. The van der Waals surface area contributed by atoms with E-state index in [0.717, 1.165) is 12.8 Å². The van der Waals surface area contributed by atoms with Gasteiger partial charge in [-0.1, -0.05) is 6.07 Å². The molecule has 1 aliphatic heterocycles. The van der Waals surface area contributed by atoms with Crippen LogP contribution in [-0.2, 0) is 11.3 Å². The monoisotopic (exact) mass is 530 g/mol. The molecule has 0 bridgehead atoms. The Labute approximate surface area is 222 Å². The lowest BCUT2D eigenvalue weighted by Crippen LogP contribution is -2.50. The molecule has 11 heteroatoms. The first-order valence-electron chi connectivity index (χ1n) is 12.9. The van der Waals surface area contributed by atoms with Gasteiger partial charge in [0.1, 0.15) is 17.5 Å². The molecule has 1 aliphatic carbocycles. The topological polar surface area (TPSA) is 122 Å². The fraction of sp³-hybridized carbons (Fsp3) is 0.321. The number of likely N-dealkylation sites (tertiary alicyclic amines) is 1. The van der Waals surface area contributed by atoms with Crippen LogP contribution in [0, 0.1) is 11.7 Å². The van der Waals surface area contributed by atoms with Crippen LogP contribution in [0.3, 0.4) is 0 Å². The molecule has 3 heterocycles. The number of benzene rings is 2. The molecular formula is C28H27FN6O4.